The number of hydrogen-bond acceptors (Lipinski definition) is 5. The molecule has 5 nitrogen and oxygen atoms in total. The summed E-state index contributed by atoms with van der Waals surface area (Å²) in [5, 5.41) is 6.68. The Morgan fingerprint density at radius 2 is 1.36 bits per heavy atom. The molecule has 0 aromatic heterocycles. The van der Waals surface area contributed by atoms with Gasteiger partial charge in [0.15, 0.2) is 11.5 Å². The number of hydrazone groups is 1. The third-order valence-corrected chi connectivity index (χ3v) is 4.26. The molecule has 0 aliphatic rings. The number of ether oxygens (including phenoxy) is 3. The molecule has 144 valence electrons. The van der Waals surface area contributed by atoms with E-state index in [2.05, 4.69) is 12.1 Å². The number of para-hydroxylation sites is 1. The average molecular weight is 376 g/mol. The van der Waals surface area contributed by atoms with Gasteiger partial charge in [-0.2, -0.15) is 5.10 Å². The van der Waals surface area contributed by atoms with E-state index in [1.807, 2.05) is 65.7 Å². The zero-order valence-corrected chi connectivity index (χ0v) is 16.3. The van der Waals surface area contributed by atoms with Crippen molar-refractivity contribution in [2.24, 2.45) is 5.10 Å². The molecular weight excluding hydrogens is 352 g/mol. The van der Waals surface area contributed by atoms with Crippen LogP contribution in [0.4, 0.5) is 5.69 Å². The molecule has 0 spiro atoms. The highest BCUT2D eigenvalue weighted by Gasteiger charge is 2.13. The number of benzene rings is 3. The second kappa shape index (κ2) is 9.46. The molecule has 0 N–H and O–H groups in total. The van der Waals surface area contributed by atoms with Gasteiger partial charge in [-0.05, 0) is 29.8 Å². The molecule has 3 aromatic rings. The van der Waals surface area contributed by atoms with Crippen molar-refractivity contribution in [3.63, 3.8) is 0 Å². The van der Waals surface area contributed by atoms with Crippen molar-refractivity contribution in [3.8, 4) is 17.2 Å². The summed E-state index contributed by atoms with van der Waals surface area (Å²) >= 11 is 0. The third kappa shape index (κ3) is 4.62. The van der Waals surface area contributed by atoms with Crippen molar-refractivity contribution in [1.29, 1.82) is 0 Å². The molecule has 0 saturated carbocycles. The molecule has 0 aliphatic heterocycles. The summed E-state index contributed by atoms with van der Waals surface area (Å²) < 4.78 is 16.2. The van der Waals surface area contributed by atoms with Gasteiger partial charge in [0.25, 0.3) is 0 Å². The van der Waals surface area contributed by atoms with Crippen LogP contribution in [0.15, 0.2) is 77.9 Å². The Balaban J connectivity index is 1.93. The first-order valence-corrected chi connectivity index (χ1v) is 8.95. The number of rotatable bonds is 8. The molecule has 0 unspecified atom stereocenters. The molecule has 5 heteroatoms. The Hall–Kier alpha value is -3.47. The number of hydrogen-bond donors (Lipinski definition) is 0. The SMILES string of the molecule is COc1cc(/C=N\N(Cc2ccccc2)c2ccccc2)cc(OC)c1OC. The summed E-state index contributed by atoms with van der Waals surface area (Å²) in [7, 11) is 4.79. The largest absolute Gasteiger partial charge is 0.493 e. The molecule has 3 rings (SSSR count). The normalized spacial score (nSPS) is 10.7. The van der Waals surface area contributed by atoms with Gasteiger partial charge in [-0.15, -0.1) is 0 Å². The van der Waals surface area contributed by atoms with Crippen molar-refractivity contribution in [2.75, 3.05) is 26.3 Å². The van der Waals surface area contributed by atoms with E-state index in [1.54, 1.807) is 27.5 Å². The van der Waals surface area contributed by atoms with Gasteiger partial charge >= 0.3 is 0 Å². The minimum Gasteiger partial charge on any atom is -0.493 e. The fourth-order valence-electron chi connectivity index (χ4n) is 2.87. The fourth-order valence-corrected chi connectivity index (χ4v) is 2.87. The maximum absolute atomic E-state index is 5.43. The highest BCUT2D eigenvalue weighted by atomic mass is 16.5. The summed E-state index contributed by atoms with van der Waals surface area (Å²) in [5.41, 5.74) is 3.03. The van der Waals surface area contributed by atoms with E-state index < -0.39 is 0 Å². The van der Waals surface area contributed by atoms with Crippen LogP contribution in [0.25, 0.3) is 0 Å². The van der Waals surface area contributed by atoms with E-state index >= 15 is 0 Å². The molecule has 0 bridgehead atoms. The Morgan fingerprint density at radius 1 is 0.786 bits per heavy atom. The van der Waals surface area contributed by atoms with E-state index in [9.17, 15) is 0 Å². The maximum Gasteiger partial charge on any atom is 0.203 e. The second-order valence-electron chi connectivity index (χ2n) is 6.08. The molecule has 0 saturated heterocycles. The van der Waals surface area contributed by atoms with Gasteiger partial charge in [-0.25, -0.2) is 0 Å². The quantitative estimate of drug-likeness (QED) is 0.420. The van der Waals surface area contributed by atoms with Crippen LogP contribution >= 0.6 is 0 Å². The second-order valence-corrected chi connectivity index (χ2v) is 6.08. The van der Waals surface area contributed by atoms with Crippen LogP contribution in [-0.2, 0) is 6.54 Å². The summed E-state index contributed by atoms with van der Waals surface area (Å²) in [4.78, 5) is 0. The van der Waals surface area contributed by atoms with Gasteiger partial charge in [0, 0.05) is 5.56 Å². The lowest BCUT2D eigenvalue weighted by Crippen LogP contribution is -2.16. The predicted molar refractivity (Wildman–Crippen MR) is 113 cm³/mol. The summed E-state index contributed by atoms with van der Waals surface area (Å²) in [6.45, 7) is 0.659. The smallest absolute Gasteiger partial charge is 0.203 e. The first-order chi connectivity index (χ1) is 13.7. The van der Waals surface area contributed by atoms with Crippen molar-refractivity contribution < 1.29 is 14.2 Å². The third-order valence-electron chi connectivity index (χ3n) is 4.26. The Bertz CT molecular complexity index is 887. The van der Waals surface area contributed by atoms with Gasteiger partial charge in [-0.3, -0.25) is 5.01 Å². The lowest BCUT2D eigenvalue weighted by atomic mass is 10.2. The van der Waals surface area contributed by atoms with E-state index in [0.717, 1.165) is 11.3 Å². The number of nitrogens with zero attached hydrogens (tertiary/aromatic N) is 2. The van der Waals surface area contributed by atoms with Crippen molar-refractivity contribution in [2.45, 2.75) is 6.54 Å². The fraction of sp³-hybridized carbons (Fsp3) is 0.174. The highest BCUT2D eigenvalue weighted by Crippen LogP contribution is 2.37. The Morgan fingerprint density at radius 3 is 1.89 bits per heavy atom. The predicted octanol–water partition coefficient (Wildman–Crippen LogP) is 4.75. The highest BCUT2D eigenvalue weighted by molar-refractivity contribution is 5.83. The molecule has 0 heterocycles. The molecule has 0 fully saturated rings. The van der Waals surface area contributed by atoms with Gasteiger partial charge in [-0.1, -0.05) is 48.5 Å². The molecule has 0 radical (unpaired) electrons. The van der Waals surface area contributed by atoms with Crippen LogP contribution in [0.5, 0.6) is 17.2 Å². The first kappa shape index (κ1) is 19.3. The molecule has 28 heavy (non-hydrogen) atoms. The molecule has 3 aromatic carbocycles. The first-order valence-electron chi connectivity index (χ1n) is 8.95. The van der Waals surface area contributed by atoms with Gasteiger partial charge in [0.05, 0.1) is 39.8 Å². The van der Waals surface area contributed by atoms with Crippen LogP contribution in [0.2, 0.25) is 0 Å². The molecule has 0 amide bonds. The van der Waals surface area contributed by atoms with Gasteiger partial charge < -0.3 is 14.2 Å². The zero-order chi connectivity index (χ0) is 19.8. The minimum atomic E-state index is 0.561. The van der Waals surface area contributed by atoms with E-state index in [4.69, 9.17) is 19.3 Å². The lowest BCUT2D eigenvalue weighted by Gasteiger charge is -2.19. The number of methoxy groups -OCH3 is 3. The van der Waals surface area contributed by atoms with Gasteiger partial charge in [0.2, 0.25) is 5.75 Å². The van der Waals surface area contributed by atoms with Gasteiger partial charge in [0.1, 0.15) is 0 Å². The summed E-state index contributed by atoms with van der Waals surface area (Å²) in [6.07, 6.45) is 1.79. The summed E-state index contributed by atoms with van der Waals surface area (Å²) in [6, 6.07) is 24.1. The molecule has 0 atom stereocenters. The van der Waals surface area contributed by atoms with Crippen molar-refractivity contribution >= 4 is 11.9 Å². The Kier molecular flexibility index (Phi) is 6.52. The average Bonchev–Trinajstić information content (AvgIpc) is 2.77. The van der Waals surface area contributed by atoms with E-state index in [-0.39, 0.29) is 0 Å². The monoisotopic (exact) mass is 376 g/mol. The Labute approximate surface area is 165 Å². The van der Waals surface area contributed by atoms with Crippen LogP contribution in [-0.4, -0.2) is 27.5 Å². The maximum atomic E-state index is 5.43. The van der Waals surface area contributed by atoms with Crippen molar-refractivity contribution in [1.82, 2.24) is 0 Å². The van der Waals surface area contributed by atoms with Crippen LogP contribution in [0, 0.1) is 0 Å². The van der Waals surface area contributed by atoms with Crippen molar-refractivity contribution in [3.05, 3.63) is 83.9 Å². The lowest BCUT2D eigenvalue weighted by molar-refractivity contribution is 0.324. The van der Waals surface area contributed by atoms with E-state index in [1.165, 1.54) is 5.56 Å². The topological polar surface area (TPSA) is 43.3 Å². The minimum absolute atomic E-state index is 0.561. The zero-order valence-electron chi connectivity index (χ0n) is 16.3. The molecular formula is C23H24N2O3. The van der Waals surface area contributed by atoms with Crippen LogP contribution < -0.4 is 19.2 Å². The molecule has 0 aliphatic carbocycles. The number of anilines is 1. The van der Waals surface area contributed by atoms with Crippen LogP contribution in [0.1, 0.15) is 11.1 Å². The van der Waals surface area contributed by atoms with E-state index in [0.29, 0.717) is 23.8 Å². The summed E-state index contributed by atoms with van der Waals surface area (Å²) in [5.74, 6) is 1.75. The standard InChI is InChI=1S/C23H24N2O3/c1-26-21-14-19(15-22(27-2)23(21)28-3)16-24-25(20-12-8-5-9-13-20)17-18-10-6-4-7-11-18/h4-16H,17H2,1-3H3/b24-16-. The van der Waals surface area contributed by atoms with Crippen LogP contribution in [0.3, 0.4) is 0 Å².